The summed E-state index contributed by atoms with van der Waals surface area (Å²) in [6.07, 6.45) is 3.30. The van der Waals surface area contributed by atoms with E-state index in [2.05, 4.69) is 9.88 Å². The lowest BCUT2D eigenvalue weighted by molar-refractivity contribution is 0.00691. The van der Waals surface area contributed by atoms with Crippen LogP contribution < -0.4 is 4.90 Å². The van der Waals surface area contributed by atoms with E-state index in [1.54, 1.807) is 6.20 Å². The number of carbonyl (C=O) groups is 1. The highest BCUT2D eigenvalue weighted by atomic mass is 16.6. The Labute approximate surface area is 113 Å². The van der Waals surface area contributed by atoms with Gasteiger partial charge in [0.1, 0.15) is 5.60 Å². The zero-order valence-corrected chi connectivity index (χ0v) is 11.7. The van der Waals surface area contributed by atoms with Gasteiger partial charge in [-0.1, -0.05) is 0 Å². The lowest BCUT2D eigenvalue weighted by Gasteiger charge is -2.28. The Bertz CT molecular complexity index is 448. The SMILES string of the molecule is CC(C)(C)OC(=O)c1cncc(N2CCOCC2)c1. The zero-order chi connectivity index (χ0) is 13.9. The molecule has 0 saturated carbocycles. The molecule has 0 atom stereocenters. The van der Waals surface area contributed by atoms with Crippen molar-refractivity contribution >= 4 is 11.7 Å². The second kappa shape index (κ2) is 5.57. The summed E-state index contributed by atoms with van der Waals surface area (Å²) in [7, 11) is 0. The predicted octanol–water partition coefficient (Wildman–Crippen LogP) is 1.87. The Kier molecular flexibility index (Phi) is 4.04. The van der Waals surface area contributed by atoms with Gasteiger partial charge in [-0.3, -0.25) is 4.98 Å². The third-order valence-electron chi connectivity index (χ3n) is 2.73. The van der Waals surface area contributed by atoms with Crippen molar-refractivity contribution in [1.82, 2.24) is 4.98 Å². The minimum atomic E-state index is -0.494. The fourth-order valence-corrected chi connectivity index (χ4v) is 1.87. The van der Waals surface area contributed by atoms with Crippen molar-refractivity contribution in [2.45, 2.75) is 26.4 Å². The van der Waals surface area contributed by atoms with Gasteiger partial charge >= 0.3 is 5.97 Å². The molecule has 0 spiro atoms. The lowest BCUT2D eigenvalue weighted by Crippen LogP contribution is -2.36. The van der Waals surface area contributed by atoms with E-state index in [1.165, 1.54) is 6.20 Å². The second-order valence-electron chi connectivity index (χ2n) is 5.53. The molecule has 0 bridgehead atoms. The van der Waals surface area contributed by atoms with Gasteiger partial charge in [-0.2, -0.15) is 0 Å². The average Bonchev–Trinajstić information content (AvgIpc) is 2.38. The smallest absolute Gasteiger partial charge is 0.340 e. The Balaban J connectivity index is 2.12. The molecule has 0 amide bonds. The number of pyridine rings is 1. The van der Waals surface area contributed by atoms with E-state index in [0.717, 1.165) is 18.8 Å². The van der Waals surface area contributed by atoms with Crippen LogP contribution in [0.3, 0.4) is 0 Å². The molecule has 1 aromatic rings. The molecule has 1 fully saturated rings. The molecule has 1 aliphatic rings. The molecule has 0 unspecified atom stereocenters. The number of carbonyl (C=O) groups excluding carboxylic acids is 1. The average molecular weight is 264 g/mol. The van der Waals surface area contributed by atoms with Crippen LogP contribution in [0.5, 0.6) is 0 Å². The van der Waals surface area contributed by atoms with Crippen LogP contribution in [0.25, 0.3) is 0 Å². The third-order valence-corrected chi connectivity index (χ3v) is 2.73. The molecule has 104 valence electrons. The first-order valence-corrected chi connectivity index (χ1v) is 6.47. The van der Waals surface area contributed by atoms with Gasteiger partial charge < -0.3 is 14.4 Å². The van der Waals surface area contributed by atoms with E-state index in [9.17, 15) is 4.79 Å². The van der Waals surface area contributed by atoms with Gasteiger partial charge in [-0.15, -0.1) is 0 Å². The molecule has 1 saturated heterocycles. The Morgan fingerprint density at radius 1 is 1.32 bits per heavy atom. The van der Waals surface area contributed by atoms with Crippen molar-refractivity contribution in [1.29, 1.82) is 0 Å². The number of morpholine rings is 1. The molecule has 0 N–H and O–H groups in total. The maximum Gasteiger partial charge on any atom is 0.340 e. The first-order chi connectivity index (χ1) is 8.96. The van der Waals surface area contributed by atoms with Crippen LogP contribution in [-0.4, -0.2) is 42.9 Å². The van der Waals surface area contributed by atoms with Crippen LogP contribution >= 0.6 is 0 Å². The minimum absolute atomic E-state index is 0.338. The number of nitrogens with zero attached hydrogens (tertiary/aromatic N) is 2. The predicted molar refractivity (Wildman–Crippen MR) is 72.4 cm³/mol. The molecular formula is C14H20N2O3. The molecule has 5 nitrogen and oxygen atoms in total. The van der Waals surface area contributed by atoms with E-state index in [0.29, 0.717) is 18.8 Å². The molecule has 2 rings (SSSR count). The molecule has 19 heavy (non-hydrogen) atoms. The van der Waals surface area contributed by atoms with Gasteiger partial charge in [0.05, 0.1) is 30.7 Å². The van der Waals surface area contributed by atoms with Gasteiger partial charge in [0.25, 0.3) is 0 Å². The zero-order valence-electron chi connectivity index (χ0n) is 11.7. The molecule has 0 radical (unpaired) electrons. The number of hydrogen-bond acceptors (Lipinski definition) is 5. The van der Waals surface area contributed by atoms with Crippen molar-refractivity contribution in [3.63, 3.8) is 0 Å². The van der Waals surface area contributed by atoms with Crippen molar-refractivity contribution in [3.8, 4) is 0 Å². The van der Waals surface area contributed by atoms with Crippen LogP contribution in [0.1, 0.15) is 31.1 Å². The van der Waals surface area contributed by atoms with E-state index in [4.69, 9.17) is 9.47 Å². The standard InChI is InChI=1S/C14H20N2O3/c1-14(2,3)19-13(17)11-8-12(10-15-9-11)16-4-6-18-7-5-16/h8-10H,4-7H2,1-3H3. The van der Waals surface area contributed by atoms with E-state index >= 15 is 0 Å². The molecule has 0 aromatic carbocycles. The fraction of sp³-hybridized carbons (Fsp3) is 0.571. The molecule has 2 heterocycles. The van der Waals surface area contributed by atoms with E-state index < -0.39 is 5.60 Å². The van der Waals surface area contributed by atoms with E-state index in [1.807, 2.05) is 26.8 Å². The quantitative estimate of drug-likeness (QED) is 0.763. The fourth-order valence-electron chi connectivity index (χ4n) is 1.87. The van der Waals surface area contributed by atoms with Crippen molar-refractivity contribution in [3.05, 3.63) is 24.0 Å². The number of anilines is 1. The summed E-state index contributed by atoms with van der Waals surface area (Å²) in [5.41, 5.74) is 0.928. The van der Waals surface area contributed by atoms with Gasteiger partial charge in [-0.25, -0.2) is 4.79 Å². The maximum atomic E-state index is 12.0. The van der Waals surface area contributed by atoms with Crippen molar-refractivity contribution in [2.24, 2.45) is 0 Å². The summed E-state index contributed by atoms with van der Waals surface area (Å²) in [4.78, 5) is 18.3. The van der Waals surface area contributed by atoms with Gasteiger partial charge in [0.2, 0.25) is 0 Å². The third kappa shape index (κ3) is 3.92. The largest absolute Gasteiger partial charge is 0.456 e. The van der Waals surface area contributed by atoms with Gasteiger partial charge in [0, 0.05) is 19.3 Å². The van der Waals surface area contributed by atoms with Crippen LogP contribution in [0.15, 0.2) is 18.5 Å². The highest BCUT2D eigenvalue weighted by molar-refractivity contribution is 5.90. The van der Waals surface area contributed by atoms with E-state index in [-0.39, 0.29) is 5.97 Å². The molecule has 5 heteroatoms. The van der Waals surface area contributed by atoms with Gasteiger partial charge in [0.15, 0.2) is 0 Å². The second-order valence-corrected chi connectivity index (χ2v) is 5.53. The first kappa shape index (κ1) is 13.8. The Morgan fingerprint density at radius 2 is 2.00 bits per heavy atom. The summed E-state index contributed by atoms with van der Waals surface area (Å²) in [6, 6.07) is 1.83. The van der Waals surface area contributed by atoms with Crippen molar-refractivity contribution in [2.75, 3.05) is 31.2 Å². The molecular weight excluding hydrogens is 244 g/mol. The number of esters is 1. The summed E-state index contributed by atoms with van der Waals surface area (Å²) < 4.78 is 10.7. The molecule has 1 aliphatic heterocycles. The molecule has 1 aromatic heterocycles. The normalized spacial score (nSPS) is 16.3. The number of aromatic nitrogens is 1. The summed E-state index contributed by atoms with van der Waals surface area (Å²) in [5.74, 6) is -0.338. The van der Waals surface area contributed by atoms with Crippen LogP contribution in [-0.2, 0) is 9.47 Å². The van der Waals surface area contributed by atoms with Crippen LogP contribution in [0.4, 0.5) is 5.69 Å². The maximum absolute atomic E-state index is 12.0. The number of rotatable bonds is 2. The molecule has 0 aliphatic carbocycles. The topological polar surface area (TPSA) is 51.7 Å². The van der Waals surface area contributed by atoms with Crippen molar-refractivity contribution < 1.29 is 14.3 Å². The summed E-state index contributed by atoms with van der Waals surface area (Å²) >= 11 is 0. The minimum Gasteiger partial charge on any atom is -0.456 e. The highest BCUT2D eigenvalue weighted by Crippen LogP contribution is 2.18. The number of hydrogen-bond donors (Lipinski definition) is 0. The van der Waals surface area contributed by atoms with Crippen LogP contribution in [0.2, 0.25) is 0 Å². The van der Waals surface area contributed by atoms with Crippen LogP contribution in [0, 0.1) is 0 Å². The lowest BCUT2D eigenvalue weighted by atomic mass is 10.2. The first-order valence-electron chi connectivity index (χ1n) is 6.47. The monoisotopic (exact) mass is 264 g/mol. The Hall–Kier alpha value is -1.62. The number of ether oxygens (including phenoxy) is 2. The van der Waals surface area contributed by atoms with Gasteiger partial charge in [-0.05, 0) is 26.8 Å². The summed E-state index contributed by atoms with van der Waals surface area (Å²) in [5, 5.41) is 0. The Morgan fingerprint density at radius 3 is 2.63 bits per heavy atom. The highest BCUT2D eigenvalue weighted by Gasteiger charge is 2.19. The summed E-state index contributed by atoms with van der Waals surface area (Å²) in [6.45, 7) is 8.60.